The lowest BCUT2D eigenvalue weighted by atomic mass is 9.33. The molecular formula is C94H97BN2O2. The van der Waals surface area contributed by atoms with E-state index in [0.29, 0.717) is 0 Å². The van der Waals surface area contributed by atoms with E-state index in [0.717, 1.165) is 100 Å². The number of fused-ring (bicyclic) bond motifs is 10. The molecule has 4 nitrogen and oxygen atoms in total. The predicted octanol–water partition coefficient (Wildman–Crippen LogP) is 25.3. The predicted molar refractivity (Wildman–Crippen MR) is 428 cm³/mol. The first-order valence-corrected chi connectivity index (χ1v) is 36.0. The van der Waals surface area contributed by atoms with Gasteiger partial charge in [-0.3, -0.25) is 0 Å². The maximum atomic E-state index is 7.38. The van der Waals surface area contributed by atoms with Gasteiger partial charge in [0, 0.05) is 55.8 Å². The number of anilines is 6. The lowest BCUT2D eigenvalue weighted by Gasteiger charge is -2.46. The molecule has 2 aliphatic heterocycles. The van der Waals surface area contributed by atoms with Crippen LogP contribution in [0.4, 0.5) is 34.1 Å². The molecule has 0 unspecified atom stereocenters. The van der Waals surface area contributed by atoms with Crippen molar-refractivity contribution in [3.05, 3.63) is 245 Å². The fourth-order valence-electron chi connectivity index (χ4n) is 15.6. The van der Waals surface area contributed by atoms with Crippen LogP contribution in [0.1, 0.15) is 184 Å². The number of nitrogens with zero attached hydrogens (tertiary/aromatic N) is 2. The number of furan rings is 2. The maximum Gasteiger partial charge on any atom is 0.252 e. The van der Waals surface area contributed by atoms with Crippen LogP contribution in [0.3, 0.4) is 0 Å². The first-order chi connectivity index (χ1) is 46.5. The SMILES string of the molecule is CC(C)(C)c1cc(-c2ccc3c(c2)N(c2c(-c4ccccc4)cc(C(C)(C)C)c4oc5ccccc5c24)c2cc(C(C)(C)C)cc4c2B3c2ccc(-c3cc(C(C)(C)C)cc(C(C)(C)C)c3)cc2N4c2c(-c3ccccc3)cc(C(C)(C)C)c3oc4ccccc4c23)cc(C(C)(C)C)c1. The van der Waals surface area contributed by atoms with Gasteiger partial charge in [0.25, 0.3) is 6.71 Å². The summed E-state index contributed by atoms with van der Waals surface area (Å²) in [4.78, 5) is 5.43. The third-order valence-corrected chi connectivity index (χ3v) is 21.4. The highest BCUT2D eigenvalue weighted by Crippen LogP contribution is 2.57. The van der Waals surface area contributed by atoms with Gasteiger partial charge in [-0.05, 0) is 164 Å². The van der Waals surface area contributed by atoms with Crippen molar-refractivity contribution >= 4 is 101 Å². The summed E-state index contributed by atoms with van der Waals surface area (Å²) in [5, 5.41) is 4.38. The molecule has 0 fully saturated rings. The van der Waals surface area contributed by atoms with Crippen LogP contribution in [0, 0.1) is 0 Å². The second kappa shape index (κ2) is 22.6. The van der Waals surface area contributed by atoms with Crippen molar-refractivity contribution in [3.63, 3.8) is 0 Å². The van der Waals surface area contributed by atoms with Gasteiger partial charge in [-0.15, -0.1) is 0 Å². The second-order valence-electron chi connectivity index (χ2n) is 35.9. The van der Waals surface area contributed by atoms with Crippen LogP contribution < -0.4 is 26.2 Å². The lowest BCUT2D eigenvalue weighted by Crippen LogP contribution is -2.61. The fourth-order valence-corrected chi connectivity index (χ4v) is 15.6. The topological polar surface area (TPSA) is 32.8 Å². The summed E-state index contributed by atoms with van der Waals surface area (Å²) in [5.41, 5.74) is 31.0. The van der Waals surface area contributed by atoms with Crippen molar-refractivity contribution in [2.24, 2.45) is 0 Å². The minimum atomic E-state index is -0.331. The molecule has 13 aromatic rings. The van der Waals surface area contributed by atoms with Gasteiger partial charge in [-0.25, -0.2) is 0 Å². The third kappa shape index (κ3) is 11.1. The van der Waals surface area contributed by atoms with E-state index in [4.69, 9.17) is 8.83 Å². The van der Waals surface area contributed by atoms with Crippen LogP contribution in [0.2, 0.25) is 0 Å². The molecule has 5 heteroatoms. The Kier molecular flexibility index (Phi) is 15.0. The van der Waals surface area contributed by atoms with Crippen LogP contribution in [-0.2, 0) is 37.9 Å². The van der Waals surface area contributed by atoms with Crippen LogP contribution in [-0.4, -0.2) is 6.71 Å². The summed E-state index contributed by atoms with van der Waals surface area (Å²) in [6.07, 6.45) is 0. The summed E-state index contributed by atoms with van der Waals surface area (Å²) in [5.74, 6) is 0. The highest BCUT2D eigenvalue weighted by molar-refractivity contribution is 7.00. The first-order valence-electron chi connectivity index (χ1n) is 36.0. The molecule has 2 aromatic heterocycles. The minimum absolute atomic E-state index is 0.0943. The van der Waals surface area contributed by atoms with Crippen molar-refractivity contribution < 1.29 is 8.83 Å². The quantitative estimate of drug-likeness (QED) is 0.155. The molecule has 4 heterocycles. The van der Waals surface area contributed by atoms with Crippen molar-refractivity contribution in [3.8, 4) is 44.5 Å². The van der Waals surface area contributed by atoms with E-state index in [-0.39, 0.29) is 44.6 Å². The Balaban J connectivity index is 1.17. The Hall–Kier alpha value is -9.32. The number of hydrogen-bond acceptors (Lipinski definition) is 4. The number of rotatable bonds is 6. The van der Waals surface area contributed by atoms with Crippen LogP contribution in [0.5, 0.6) is 0 Å². The van der Waals surface area contributed by atoms with Crippen molar-refractivity contribution in [1.82, 2.24) is 0 Å². The molecule has 11 aromatic carbocycles. The van der Waals surface area contributed by atoms with Crippen LogP contribution in [0.25, 0.3) is 88.4 Å². The summed E-state index contributed by atoms with van der Waals surface area (Å²) in [6.45, 7) is 49.1. The van der Waals surface area contributed by atoms with E-state index >= 15 is 0 Å². The number of benzene rings is 11. The van der Waals surface area contributed by atoms with E-state index in [1.807, 2.05) is 0 Å². The van der Waals surface area contributed by atoms with Gasteiger partial charge in [-0.2, -0.15) is 0 Å². The lowest BCUT2D eigenvalue weighted by molar-refractivity contribution is 0.568. The molecule has 15 rings (SSSR count). The summed E-state index contributed by atoms with van der Waals surface area (Å²) >= 11 is 0. The Bertz CT molecular complexity index is 5020. The molecule has 498 valence electrons. The van der Waals surface area contributed by atoms with E-state index in [1.165, 1.54) is 77.6 Å². The molecule has 0 amide bonds. The second-order valence-corrected chi connectivity index (χ2v) is 35.9. The molecule has 0 saturated heterocycles. The summed E-state index contributed by atoms with van der Waals surface area (Å²) in [7, 11) is 0. The average molecular weight is 1300 g/mol. The highest BCUT2D eigenvalue weighted by Gasteiger charge is 2.47. The molecule has 0 bridgehead atoms. The molecule has 0 N–H and O–H groups in total. The molecule has 0 aliphatic carbocycles. The number of hydrogen-bond donors (Lipinski definition) is 0. The van der Waals surface area contributed by atoms with Crippen molar-refractivity contribution in [1.29, 1.82) is 0 Å². The molecule has 0 spiro atoms. The number of para-hydroxylation sites is 2. The zero-order valence-electron chi connectivity index (χ0n) is 62.4. The summed E-state index contributed by atoms with van der Waals surface area (Å²) in [6, 6.07) is 79.7. The van der Waals surface area contributed by atoms with Gasteiger partial charge in [0.05, 0.1) is 22.1 Å². The van der Waals surface area contributed by atoms with Crippen molar-refractivity contribution in [2.45, 2.75) is 183 Å². The minimum Gasteiger partial charge on any atom is -0.456 e. The molecule has 99 heavy (non-hydrogen) atoms. The molecule has 0 radical (unpaired) electrons. The zero-order valence-corrected chi connectivity index (χ0v) is 62.4. The van der Waals surface area contributed by atoms with Crippen molar-refractivity contribution in [2.75, 3.05) is 9.80 Å². The molecule has 2 aliphatic rings. The van der Waals surface area contributed by atoms with E-state index in [2.05, 4.69) is 361 Å². The van der Waals surface area contributed by atoms with E-state index in [1.54, 1.807) is 0 Å². The van der Waals surface area contributed by atoms with Gasteiger partial charge in [0.1, 0.15) is 22.3 Å². The Morgan fingerprint density at radius 3 is 0.929 bits per heavy atom. The summed E-state index contributed by atoms with van der Waals surface area (Å²) < 4.78 is 14.8. The van der Waals surface area contributed by atoms with E-state index in [9.17, 15) is 0 Å². The maximum absolute atomic E-state index is 7.38. The Morgan fingerprint density at radius 1 is 0.273 bits per heavy atom. The highest BCUT2D eigenvalue weighted by atomic mass is 16.3. The van der Waals surface area contributed by atoms with Crippen LogP contribution in [0.15, 0.2) is 215 Å². The Morgan fingerprint density at radius 2 is 0.596 bits per heavy atom. The van der Waals surface area contributed by atoms with Gasteiger partial charge < -0.3 is 18.6 Å². The average Bonchev–Trinajstić information content (AvgIpc) is 1.45. The van der Waals surface area contributed by atoms with Gasteiger partial charge in [0.15, 0.2) is 0 Å². The van der Waals surface area contributed by atoms with Gasteiger partial charge >= 0.3 is 0 Å². The Labute approximate surface area is 589 Å². The standard InChI is InChI=1S/C94H97BN2O2/c1-88(2,3)62-44-60(45-63(50-62)89(4,5)6)58-40-42-73-75(48-58)96(84-69(56-32-24-22-25-33-56)54-71(93(16,17)18)86-81(84)67-36-28-30-38-79(67)98-86)77-52-66(92(13,14)15)53-78-83(77)95(73)74-43-41-59(61-46-64(90(7,8)9)51-65(47-61)91(10,11)12)49-76(74)97(78)85-70(57-34-26-23-27-35-57)55-72(94(19,20)21)87-82(85)68-37-29-31-39-80(68)99-87/h22-55H,1-21H3. The zero-order chi connectivity index (χ0) is 70.2. The largest absolute Gasteiger partial charge is 0.456 e. The molecule has 0 saturated carbocycles. The molecular weight excluding hydrogens is 1200 g/mol. The van der Waals surface area contributed by atoms with Gasteiger partial charge in [-0.1, -0.05) is 303 Å². The normalized spacial score (nSPS) is 13.8. The van der Waals surface area contributed by atoms with Crippen LogP contribution >= 0.6 is 0 Å². The van der Waals surface area contributed by atoms with Gasteiger partial charge in [0.2, 0.25) is 0 Å². The fraction of sp³-hybridized carbons (Fsp3) is 0.298. The third-order valence-electron chi connectivity index (χ3n) is 21.4. The smallest absolute Gasteiger partial charge is 0.252 e. The molecule has 0 atom stereocenters. The first kappa shape index (κ1) is 65.6. The van der Waals surface area contributed by atoms with E-state index < -0.39 is 0 Å². The monoisotopic (exact) mass is 1300 g/mol.